The molecule has 2 atom stereocenters. The van der Waals surface area contributed by atoms with E-state index < -0.39 is 24.1 Å². The summed E-state index contributed by atoms with van der Waals surface area (Å²) >= 11 is 1.40. The zero-order valence-corrected chi connectivity index (χ0v) is 22.9. The molecule has 0 unspecified atom stereocenters. The molecule has 3 heterocycles. The first kappa shape index (κ1) is 26.3. The van der Waals surface area contributed by atoms with E-state index >= 15 is 4.39 Å². The van der Waals surface area contributed by atoms with Crippen molar-refractivity contribution < 1.29 is 23.4 Å². The molecule has 1 fully saturated rings. The van der Waals surface area contributed by atoms with E-state index in [1.54, 1.807) is 18.3 Å². The Morgan fingerprint density at radius 2 is 1.95 bits per heavy atom. The van der Waals surface area contributed by atoms with E-state index in [1.165, 1.54) is 36.8 Å². The number of ether oxygens (including phenoxy) is 3. The van der Waals surface area contributed by atoms with Gasteiger partial charge in [-0.3, -0.25) is 5.32 Å². The van der Waals surface area contributed by atoms with Crippen LogP contribution < -0.4 is 14.8 Å². The molecule has 1 aliphatic rings. The Kier molecular flexibility index (Phi) is 7.03. The van der Waals surface area contributed by atoms with Crippen LogP contribution >= 0.6 is 11.3 Å². The van der Waals surface area contributed by atoms with Gasteiger partial charge in [-0.25, -0.2) is 29.1 Å². The molecule has 12 heteroatoms. The maximum Gasteiger partial charge on any atom is 0.412 e. The van der Waals surface area contributed by atoms with Crippen LogP contribution in [0.5, 0.6) is 11.6 Å². The largest absolute Gasteiger partial charge is 0.483 e. The number of nitrogens with one attached hydrogen (secondary N) is 1. The molecule has 0 bridgehead atoms. The van der Waals surface area contributed by atoms with Gasteiger partial charge >= 0.3 is 6.09 Å². The van der Waals surface area contributed by atoms with Gasteiger partial charge in [-0.15, -0.1) is 11.3 Å². The summed E-state index contributed by atoms with van der Waals surface area (Å²) in [5.41, 5.74) is 4.27. The predicted molar refractivity (Wildman–Crippen MR) is 151 cm³/mol. The molecule has 0 aliphatic heterocycles. The third kappa shape index (κ3) is 5.44. The molecule has 6 rings (SSSR count). The van der Waals surface area contributed by atoms with Gasteiger partial charge in [0, 0.05) is 17.7 Å². The lowest BCUT2D eigenvalue weighted by molar-refractivity contribution is 0.0401. The van der Waals surface area contributed by atoms with Gasteiger partial charge in [0.2, 0.25) is 5.88 Å². The van der Waals surface area contributed by atoms with Crippen molar-refractivity contribution in [1.29, 1.82) is 5.26 Å². The number of carbonyl (C=O) groups excluding carboxylic acids is 1. The quantitative estimate of drug-likeness (QED) is 0.254. The molecule has 0 spiro atoms. The number of thiazole rings is 1. The van der Waals surface area contributed by atoms with E-state index in [9.17, 15) is 4.79 Å². The number of carbonyl (C=O) groups is 1. The number of nitriles is 1. The highest BCUT2D eigenvalue weighted by atomic mass is 32.1. The fourth-order valence-corrected chi connectivity index (χ4v) is 5.78. The van der Waals surface area contributed by atoms with Crippen LogP contribution in [0.4, 0.5) is 14.9 Å². The molecule has 1 aliphatic carbocycles. The van der Waals surface area contributed by atoms with Crippen LogP contribution in [0.25, 0.3) is 31.8 Å². The normalized spacial score (nSPS) is 16.4. The second-order valence-corrected chi connectivity index (χ2v) is 10.6. The molecule has 10 nitrogen and oxygen atoms in total. The summed E-state index contributed by atoms with van der Waals surface area (Å²) in [5.74, 6) is -0.0598. The zero-order chi connectivity index (χ0) is 28.5. The highest BCUT2D eigenvalue weighted by molar-refractivity contribution is 7.21. The van der Waals surface area contributed by atoms with Crippen LogP contribution in [-0.2, 0) is 4.74 Å². The number of amides is 1. The minimum Gasteiger partial charge on any atom is -0.483 e. The first-order chi connectivity index (χ1) is 19.9. The number of methoxy groups -OCH3 is 1. The van der Waals surface area contributed by atoms with Crippen molar-refractivity contribution in [2.24, 2.45) is 0 Å². The van der Waals surface area contributed by atoms with Gasteiger partial charge in [0.1, 0.15) is 29.0 Å². The second-order valence-electron chi connectivity index (χ2n) is 9.56. The molecular formula is C29H23FN6O4S. The van der Waals surface area contributed by atoms with Gasteiger partial charge in [-0.2, -0.15) is 5.26 Å². The van der Waals surface area contributed by atoms with Crippen molar-refractivity contribution in [3.63, 3.8) is 0 Å². The predicted octanol–water partition coefficient (Wildman–Crippen LogP) is 6.18. The molecular weight excluding hydrogens is 547 g/mol. The summed E-state index contributed by atoms with van der Waals surface area (Å²) in [6, 6.07) is 11.9. The van der Waals surface area contributed by atoms with E-state index in [0.29, 0.717) is 46.0 Å². The van der Waals surface area contributed by atoms with Crippen molar-refractivity contribution >= 4 is 44.4 Å². The number of benzene rings is 2. The average Bonchev–Trinajstić information content (AvgIpc) is 3.58. The number of halogens is 1. The summed E-state index contributed by atoms with van der Waals surface area (Å²) in [4.78, 5) is 30.1. The third-order valence-electron chi connectivity index (χ3n) is 6.70. The number of hydrogen-bond acceptors (Lipinski definition) is 10. The Labute approximate surface area is 237 Å². The summed E-state index contributed by atoms with van der Waals surface area (Å²) in [6.45, 7) is 1.96. The van der Waals surface area contributed by atoms with Crippen molar-refractivity contribution in [3.05, 3.63) is 65.9 Å². The number of rotatable bonds is 6. The molecule has 1 amide bonds. The minimum atomic E-state index is -0.675. The highest BCUT2D eigenvalue weighted by Crippen LogP contribution is 2.38. The van der Waals surface area contributed by atoms with Crippen LogP contribution in [0.3, 0.4) is 0 Å². The summed E-state index contributed by atoms with van der Waals surface area (Å²) < 4.78 is 32.8. The second kappa shape index (κ2) is 10.9. The molecule has 1 saturated carbocycles. The minimum absolute atomic E-state index is 0.0727. The van der Waals surface area contributed by atoms with Crippen LogP contribution in [0.15, 0.2) is 48.8 Å². The molecule has 3 aromatic heterocycles. The van der Waals surface area contributed by atoms with E-state index in [0.717, 1.165) is 22.2 Å². The third-order valence-corrected chi connectivity index (χ3v) is 7.76. The number of aryl methyl sites for hydroxylation is 1. The maximum atomic E-state index is 15.2. The lowest BCUT2D eigenvalue weighted by atomic mass is 10.1. The molecule has 206 valence electrons. The highest BCUT2D eigenvalue weighted by Gasteiger charge is 2.33. The van der Waals surface area contributed by atoms with Gasteiger partial charge in [-0.1, -0.05) is 0 Å². The molecule has 41 heavy (non-hydrogen) atoms. The van der Waals surface area contributed by atoms with E-state index in [2.05, 4.69) is 25.3 Å². The average molecular weight is 571 g/mol. The molecule has 1 N–H and O–H groups in total. The van der Waals surface area contributed by atoms with Crippen molar-refractivity contribution in [1.82, 2.24) is 19.9 Å². The first-order valence-electron chi connectivity index (χ1n) is 12.8. The number of nitrogens with zero attached hydrogens (tertiary/aromatic N) is 5. The van der Waals surface area contributed by atoms with Crippen molar-refractivity contribution in [3.8, 4) is 28.3 Å². The van der Waals surface area contributed by atoms with Gasteiger partial charge in [0.05, 0.1) is 46.4 Å². The topological polar surface area (TPSA) is 132 Å². The van der Waals surface area contributed by atoms with Gasteiger partial charge in [0.25, 0.3) is 0 Å². The fraction of sp³-hybridized carbons (Fsp3) is 0.241. The summed E-state index contributed by atoms with van der Waals surface area (Å²) in [7, 11) is 1.54. The first-order valence-corrected chi connectivity index (χ1v) is 13.6. The number of hydrogen-bond donors (Lipinski definition) is 1. The van der Waals surface area contributed by atoms with Gasteiger partial charge in [-0.05, 0) is 56.0 Å². The Morgan fingerprint density at radius 3 is 2.73 bits per heavy atom. The van der Waals surface area contributed by atoms with Crippen molar-refractivity contribution in [2.45, 2.75) is 38.4 Å². The number of anilines is 1. The zero-order valence-electron chi connectivity index (χ0n) is 22.1. The molecule has 5 aromatic rings. The van der Waals surface area contributed by atoms with E-state index in [1.807, 2.05) is 25.1 Å². The van der Waals surface area contributed by atoms with Gasteiger partial charge in [0.15, 0.2) is 11.6 Å². The number of fused-ring (bicyclic) bond motifs is 2. The molecule has 2 aromatic carbocycles. The lowest BCUT2D eigenvalue weighted by Gasteiger charge is -2.22. The van der Waals surface area contributed by atoms with E-state index in [4.69, 9.17) is 19.5 Å². The SMILES string of the molecule is COc1cnc2c(-c3nc4cc(F)c(O[C@H]5CCC[C@H]5OC(=O)Nc5ccc(C#N)nc5)cc4s3)cc(C)cc2n1. The van der Waals surface area contributed by atoms with Crippen LogP contribution in [0.1, 0.15) is 30.5 Å². The number of pyridine rings is 1. The smallest absolute Gasteiger partial charge is 0.412 e. The number of aromatic nitrogens is 4. The van der Waals surface area contributed by atoms with Gasteiger partial charge < -0.3 is 14.2 Å². The standard InChI is InChI=1S/C29H23FN6O4S/c1-15-8-18(27-21(9-15)35-26(38-2)14-33-27)28-36-20-10-19(30)24(11-25(20)41-28)39-22-4-3-5-23(22)40-29(37)34-17-7-6-16(12-31)32-13-17/h6-11,13-14,22-23H,3-5H2,1-2H3,(H,34,37)/t22-,23+/m0/s1. The van der Waals surface area contributed by atoms with Crippen LogP contribution in [0, 0.1) is 24.1 Å². The maximum absolute atomic E-state index is 15.2. The van der Waals surface area contributed by atoms with Crippen LogP contribution in [-0.4, -0.2) is 45.3 Å². The Hall–Kier alpha value is -4.89. The lowest BCUT2D eigenvalue weighted by Crippen LogP contribution is -2.32. The molecule has 0 radical (unpaired) electrons. The Morgan fingerprint density at radius 1 is 1.10 bits per heavy atom. The summed E-state index contributed by atoms with van der Waals surface area (Å²) in [6.07, 6.45) is 3.16. The van der Waals surface area contributed by atoms with Crippen LogP contribution in [0.2, 0.25) is 0 Å². The Balaban J connectivity index is 1.21. The monoisotopic (exact) mass is 570 g/mol. The summed E-state index contributed by atoms with van der Waals surface area (Å²) in [5, 5.41) is 12.1. The van der Waals surface area contributed by atoms with Crippen molar-refractivity contribution in [2.75, 3.05) is 12.4 Å². The molecule has 0 saturated heterocycles. The van der Waals surface area contributed by atoms with E-state index in [-0.39, 0.29) is 11.4 Å². The Bertz CT molecular complexity index is 1820. The fourth-order valence-electron chi connectivity index (χ4n) is 4.79.